The van der Waals surface area contributed by atoms with Crippen molar-refractivity contribution in [2.75, 3.05) is 33.2 Å². The van der Waals surface area contributed by atoms with Crippen LogP contribution in [0, 0.1) is 5.41 Å². The summed E-state index contributed by atoms with van der Waals surface area (Å²) in [5.74, 6) is 0.225. The Morgan fingerprint density at radius 3 is 2.29 bits per heavy atom. The average molecular weight is 342 g/mol. The van der Waals surface area contributed by atoms with Crippen LogP contribution in [0.3, 0.4) is 0 Å². The van der Waals surface area contributed by atoms with Gasteiger partial charge < -0.3 is 10.6 Å². The van der Waals surface area contributed by atoms with E-state index in [1.807, 2.05) is 11.9 Å². The summed E-state index contributed by atoms with van der Waals surface area (Å²) < 4.78 is 0. The van der Waals surface area contributed by atoms with Gasteiger partial charge in [-0.25, -0.2) is 0 Å². The maximum atomic E-state index is 12.7. The fourth-order valence-corrected chi connectivity index (χ4v) is 3.25. The second kappa shape index (κ2) is 10.7. The lowest BCUT2D eigenvalue weighted by atomic mass is 9.81. The molecule has 1 amide bonds. The summed E-state index contributed by atoms with van der Waals surface area (Å²) in [7, 11) is 1.93. The van der Waals surface area contributed by atoms with Crippen molar-refractivity contribution in [1.29, 1.82) is 0 Å². The second-order valence-electron chi connectivity index (χ2n) is 5.80. The largest absolute Gasteiger partial charge is 0.344 e. The molecule has 21 heavy (non-hydrogen) atoms. The van der Waals surface area contributed by atoms with Crippen molar-refractivity contribution in [2.24, 2.45) is 11.1 Å². The van der Waals surface area contributed by atoms with E-state index in [0.29, 0.717) is 12.6 Å². The average Bonchev–Trinajstić information content (AvgIpc) is 2.88. The van der Waals surface area contributed by atoms with Crippen molar-refractivity contribution >= 4 is 30.7 Å². The minimum atomic E-state index is -0.357. The highest BCUT2D eigenvalue weighted by Crippen LogP contribution is 2.28. The van der Waals surface area contributed by atoms with Crippen molar-refractivity contribution in [3.05, 3.63) is 0 Å². The Balaban J connectivity index is 0. The normalized spacial score (nSPS) is 18.8. The second-order valence-corrected chi connectivity index (χ2v) is 5.80. The van der Waals surface area contributed by atoms with Gasteiger partial charge in [0.1, 0.15) is 0 Å². The first kappa shape index (κ1) is 23.2. The number of nitrogens with two attached hydrogens (primary N) is 1. The number of carbonyl (C=O) groups is 1. The van der Waals surface area contributed by atoms with Crippen LogP contribution < -0.4 is 5.73 Å². The number of hydrogen-bond donors (Lipinski definition) is 1. The quantitative estimate of drug-likeness (QED) is 0.774. The smallest absolute Gasteiger partial charge is 0.229 e. The summed E-state index contributed by atoms with van der Waals surface area (Å²) in [6.45, 7) is 9.87. The third kappa shape index (κ3) is 5.27. The van der Waals surface area contributed by atoms with E-state index in [9.17, 15) is 4.79 Å². The zero-order chi connectivity index (χ0) is 14.5. The van der Waals surface area contributed by atoms with Gasteiger partial charge in [-0.15, -0.1) is 24.8 Å². The molecule has 1 aliphatic heterocycles. The van der Waals surface area contributed by atoms with Crippen LogP contribution in [0.5, 0.6) is 0 Å². The van der Waals surface area contributed by atoms with Crippen LogP contribution >= 0.6 is 24.8 Å². The summed E-state index contributed by atoms with van der Waals surface area (Å²) in [6.07, 6.45) is 4.11. The van der Waals surface area contributed by atoms with Crippen LogP contribution in [0.4, 0.5) is 0 Å². The van der Waals surface area contributed by atoms with Crippen molar-refractivity contribution in [3.63, 3.8) is 0 Å². The van der Waals surface area contributed by atoms with Crippen molar-refractivity contribution < 1.29 is 4.79 Å². The van der Waals surface area contributed by atoms with Gasteiger partial charge in [0.05, 0.1) is 5.41 Å². The highest BCUT2D eigenvalue weighted by molar-refractivity contribution is 5.85. The summed E-state index contributed by atoms with van der Waals surface area (Å²) in [5.41, 5.74) is 5.51. The number of rotatable bonds is 7. The third-order valence-corrected chi connectivity index (χ3v) is 4.93. The maximum Gasteiger partial charge on any atom is 0.229 e. The molecule has 0 spiro atoms. The molecule has 0 radical (unpaired) electrons. The summed E-state index contributed by atoms with van der Waals surface area (Å²) in [5, 5.41) is 0. The molecular weight excluding hydrogens is 309 g/mol. The topological polar surface area (TPSA) is 49.6 Å². The molecule has 1 unspecified atom stereocenters. The van der Waals surface area contributed by atoms with E-state index in [0.717, 1.165) is 25.9 Å². The molecule has 0 bridgehead atoms. The third-order valence-electron chi connectivity index (χ3n) is 4.93. The first-order chi connectivity index (χ1) is 9.04. The van der Waals surface area contributed by atoms with E-state index in [1.54, 1.807) is 0 Å². The Morgan fingerprint density at radius 2 is 1.86 bits per heavy atom. The molecule has 1 aliphatic rings. The molecule has 1 rings (SSSR count). The zero-order valence-corrected chi connectivity index (χ0v) is 15.6. The summed E-state index contributed by atoms with van der Waals surface area (Å²) >= 11 is 0. The predicted octanol–water partition coefficient (Wildman–Crippen LogP) is 2.54. The number of amides is 1. The Morgan fingerprint density at radius 1 is 1.29 bits per heavy atom. The molecule has 2 N–H and O–H groups in total. The zero-order valence-electron chi connectivity index (χ0n) is 13.9. The molecule has 1 saturated heterocycles. The lowest BCUT2D eigenvalue weighted by molar-refractivity contribution is -0.141. The van der Waals surface area contributed by atoms with E-state index in [4.69, 9.17) is 5.73 Å². The molecule has 1 fully saturated rings. The van der Waals surface area contributed by atoms with E-state index < -0.39 is 0 Å². The summed E-state index contributed by atoms with van der Waals surface area (Å²) in [4.78, 5) is 17.1. The predicted molar refractivity (Wildman–Crippen MR) is 94.5 cm³/mol. The van der Waals surface area contributed by atoms with Crippen LogP contribution in [0.15, 0.2) is 0 Å². The van der Waals surface area contributed by atoms with Crippen LogP contribution in [-0.2, 0) is 4.79 Å². The Hall–Kier alpha value is -0.0300. The van der Waals surface area contributed by atoms with E-state index in [2.05, 4.69) is 25.7 Å². The number of nitrogens with zero attached hydrogens (tertiary/aromatic N) is 2. The van der Waals surface area contributed by atoms with Gasteiger partial charge in [0, 0.05) is 26.2 Å². The first-order valence-electron chi connectivity index (χ1n) is 7.74. The number of likely N-dealkylation sites (N-methyl/N-ethyl adjacent to an activating group) is 2. The number of likely N-dealkylation sites (tertiary alicyclic amines) is 1. The van der Waals surface area contributed by atoms with Gasteiger partial charge in [-0.1, -0.05) is 20.8 Å². The van der Waals surface area contributed by atoms with Crippen molar-refractivity contribution in [1.82, 2.24) is 9.80 Å². The molecule has 128 valence electrons. The maximum absolute atomic E-state index is 12.7. The Labute approximate surface area is 142 Å². The highest BCUT2D eigenvalue weighted by atomic mass is 35.5. The molecule has 6 heteroatoms. The van der Waals surface area contributed by atoms with Gasteiger partial charge >= 0.3 is 0 Å². The lowest BCUT2D eigenvalue weighted by Gasteiger charge is -2.35. The fourth-order valence-electron chi connectivity index (χ4n) is 3.25. The van der Waals surface area contributed by atoms with Gasteiger partial charge in [0.25, 0.3) is 0 Å². The fraction of sp³-hybridized carbons (Fsp3) is 0.933. The van der Waals surface area contributed by atoms with Crippen LogP contribution in [0.25, 0.3) is 0 Å². The van der Waals surface area contributed by atoms with Crippen LogP contribution in [0.2, 0.25) is 0 Å². The van der Waals surface area contributed by atoms with Crippen LogP contribution in [-0.4, -0.2) is 55.0 Å². The van der Waals surface area contributed by atoms with Crippen molar-refractivity contribution in [3.8, 4) is 0 Å². The molecule has 4 nitrogen and oxygen atoms in total. The summed E-state index contributed by atoms with van der Waals surface area (Å²) in [6, 6.07) is 0.531. The van der Waals surface area contributed by atoms with E-state index in [1.165, 1.54) is 19.4 Å². The van der Waals surface area contributed by atoms with Gasteiger partial charge in [-0.2, -0.15) is 0 Å². The van der Waals surface area contributed by atoms with E-state index in [-0.39, 0.29) is 36.1 Å². The molecular formula is C15H33Cl2N3O. The van der Waals surface area contributed by atoms with E-state index >= 15 is 0 Å². The van der Waals surface area contributed by atoms with Gasteiger partial charge in [0.15, 0.2) is 0 Å². The molecule has 1 atom stereocenters. The van der Waals surface area contributed by atoms with Gasteiger partial charge in [0.2, 0.25) is 5.91 Å². The molecule has 0 aromatic carbocycles. The molecule has 1 heterocycles. The standard InChI is InChI=1S/C15H31N3O.2ClH/c1-5-15(6-2,12-16)14(19)17(4)11-13-9-8-10-18(13)7-3;;/h13H,5-12,16H2,1-4H3;2*1H. The Kier molecular flexibility index (Phi) is 11.8. The van der Waals surface area contributed by atoms with Gasteiger partial charge in [-0.05, 0) is 38.8 Å². The molecule has 0 aromatic heterocycles. The minimum absolute atomic E-state index is 0. The number of hydrogen-bond acceptors (Lipinski definition) is 3. The van der Waals surface area contributed by atoms with Gasteiger partial charge in [-0.3, -0.25) is 9.69 Å². The molecule has 0 saturated carbocycles. The highest BCUT2D eigenvalue weighted by Gasteiger charge is 2.37. The molecule has 0 aliphatic carbocycles. The lowest BCUT2D eigenvalue weighted by Crippen LogP contribution is -2.49. The number of halogens is 2. The van der Waals surface area contributed by atoms with Crippen molar-refractivity contribution in [2.45, 2.75) is 52.5 Å². The monoisotopic (exact) mass is 341 g/mol. The van der Waals surface area contributed by atoms with Crippen LogP contribution in [0.1, 0.15) is 46.5 Å². The SMILES string of the molecule is CCN1CCCC1CN(C)C(=O)C(CC)(CC)CN.Cl.Cl. The number of carbonyl (C=O) groups excluding carboxylic acids is 1. The molecule has 0 aromatic rings. The first-order valence-corrected chi connectivity index (χ1v) is 7.74. The minimum Gasteiger partial charge on any atom is -0.344 e. The Bertz CT molecular complexity index is 290.